The van der Waals surface area contributed by atoms with E-state index in [2.05, 4.69) is 10.6 Å². The molecule has 4 N–H and O–H groups in total. The molecule has 2 aliphatic heterocycles. The van der Waals surface area contributed by atoms with Gasteiger partial charge in [-0.3, -0.25) is 0 Å². The van der Waals surface area contributed by atoms with E-state index in [0.29, 0.717) is 13.1 Å². The van der Waals surface area contributed by atoms with Gasteiger partial charge in [0.25, 0.3) is 0 Å². The first kappa shape index (κ1) is 9.00. The van der Waals surface area contributed by atoms with Gasteiger partial charge in [-0.2, -0.15) is 0 Å². The molecule has 1 aromatic carbocycles. The van der Waals surface area contributed by atoms with Crippen LogP contribution in [0.4, 0.5) is 11.4 Å². The smallest absolute Gasteiger partial charge is 0.100 e. The first-order valence-corrected chi connectivity index (χ1v) is 5.19. The summed E-state index contributed by atoms with van der Waals surface area (Å²) in [6.07, 6.45) is -0.882. The maximum atomic E-state index is 9.83. The van der Waals surface area contributed by atoms with E-state index in [0.717, 1.165) is 28.1 Å². The van der Waals surface area contributed by atoms with Crippen molar-refractivity contribution in [2.75, 3.05) is 23.7 Å². The van der Waals surface area contributed by atoms with Gasteiger partial charge in [0.2, 0.25) is 0 Å². The van der Waals surface area contributed by atoms with Crippen LogP contribution in [0.1, 0.15) is 28.9 Å². The molecule has 0 aliphatic carbocycles. The Balaban J connectivity index is 2.27. The summed E-state index contributed by atoms with van der Waals surface area (Å²) in [6.45, 7) is 3.07. The molecule has 0 amide bonds. The molecular weight excluding hydrogens is 192 g/mol. The van der Waals surface area contributed by atoms with Crippen LogP contribution in [0.2, 0.25) is 0 Å². The molecule has 2 bridgehead atoms. The van der Waals surface area contributed by atoms with Crippen molar-refractivity contribution in [2.24, 2.45) is 0 Å². The zero-order valence-electron chi connectivity index (χ0n) is 8.54. The Labute approximate surface area is 87.9 Å². The lowest BCUT2D eigenvalue weighted by Crippen LogP contribution is -2.21. The van der Waals surface area contributed by atoms with Crippen LogP contribution >= 0.6 is 0 Å². The Hall–Kier alpha value is -1.26. The van der Waals surface area contributed by atoms with Crippen LogP contribution in [-0.2, 0) is 0 Å². The van der Waals surface area contributed by atoms with E-state index in [9.17, 15) is 10.2 Å². The normalized spacial score (nSPS) is 26.9. The lowest BCUT2D eigenvalue weighted by molar-refractivity contribution is 0.186. The number of aliphatic hydroxyl groups excluding tert-OH is 2. The summed E-state index contributed by atoms with van der Waals surface area (Å²) in [5.74, 6) is 0. The molecule has 0 radical (unpaired) electrons. The quantitative estimate of drug-likeness (QED) is 0.509. The Morgan fingerprint density at radius 3 is 2.73 bits per heavy atom. The van der Waals surface area contributed by atoms with Crippen LogP contribution in [-0.4, -0.2) is 23.3 Å². The summed E-state index contributed by atoms with van der Waals surface area (Å²) >= 11 is 0. The highest BCUT2D eigenvalue weighted by Gasteiger charge is 2.30. The molecule has 2 heterocycles. The van der Waals surface area contributed by atoms with Crippen LogP contribution in [0.15, 0.2) is 6.07 Å². The second kappa shape index (κ2) is 2.87. The number of hydrogen-bond acceptors (Lipinski definition) is 4. The number of rotatable bonds is 0. The third-order valence-corrected chi connectivity index (χ3v) is 3.32. The molecule has 2 atom stereocenters. The van der Waals surface area contributed by atoms with Gasteiger partial charge in [-0.15, -0.1) is 0 Å². The van der Waals surface area contributed by atoms with Crippen LogP contribution in [0.3, 0.4) is 0 Å². The van der Waals surface area contributed by atoms with Crippen molar-refractivity contribution < 1.29 is 10.2 Å². The summed E-state index contributed by atoms with van der Waals surface area (Å²) in [5.41, 5.74) is 4.90. The largest absolute Gasteiger partial charge is 0.387 e. The Kier molecular flexibility index (Phi) is 1.72. The van der Waals surface area contributed by atoms with E-state index in [1.165, 1.54) is 0 Å². The van der Waals surface area contributed by atoms with Gasteiger partial charge in [-0.05, 0) is 24.1 Å². The molecule has 0 aromatic heterocycles. The Bertz CT molecular complexity index is 431. The SMILES string of the molecule is Cc1c2cc3c(c1NCC2O)C(O)CN3. The molecule has 2 aliphatic rings. The Morgan fingerprint density at radius 1 is 1.20 bits per heavy atom. The minimum atomic E-state index is -0.442. The van der Waals surface area contributed by atoms with Crippen molar-refractivity contribution in [2.45, 2.75) is 19.1 Å². The zero-order chi connectivity index (χ0) is 10.6. The van der Waals surface area contributed by atoms with E-state index >= 15 is 0 Å². The molecular formula is C11H14N2O2. The van der Waals surface area contributed by atoms with Crippen molar-refractivity contribution in [1.29, 1.82) is 0 Å². The lowest BCUT2D eigenvalue weighted by atomic mass is 9.92. The molecule has 0 spiro atoms. The van der Waals surface area contributed by atoms with Gasteiger partial charge in [0.1, 0.15) is 6.10 Å². The first-order chi connectivity index (χ1) is 7.18. The molecule has 2 unspecified atom stereocenters. The molecule has 1 aromatic rings. The van der Waals surface area contributed by atoms with Crippen molar-refractivity contribution in [3.05, 3.63) is 22.8 Å². The molecule has 4 nitrogen and oxygen atoms in total. The number of nitrogens with one attached hydrogen (secondary N) is 2. The molecule has 80 valence electrons. The summed E-state index contributed by atoms with van der Waals surface area (Å²) in [4.78, 5) is 0. The summed E-state index contributed by atoms with van der Waals surface area (Å²) in [6, 6.07) is 1.95. The van der Waals surface area contributed by atoms with Gasteiger partial charge in [-0.25, -0.2) is 0 Å². The van der Waals surface area contributed by atoms with Gasteiger partial charge in [0.05, 0.1) is 6.10 Å². The third kappa shape index (κ3) is 1.09. The highest BCUT2D eigenvalue weighted by molar-refractivity contribution is 5.76. The number of β-amino-alcohol motifs (C(OH)–C–C–N with tert-alkyl or cyclic N) is 2. The number of anilines is 2. The van der Waals surface area contributed by atoms with Gasteiger partial charge in [0.15, 0.2) is 0 Å². The summed E-state index contributed by atoms with van der Waals surface area (Å²) in [5, 5.41) is 26.0. The van der Waals surface area contributed by atoms with E-state index in [4.69, 9.17) is 0 Å². The Morgan fingerprint density at radius 2 is 1.93 bits per heavy atom. The minimum absolute atomic E-state index is 0.439. The van der Waals surface area contributed by atoms with Crippen LogP contribution in [0, 0.1) is 6.92 Å². The van der Waals surface area contributed by atoms with Crippen LogP contribution in [0.5, 0.6) is 0 Å². The number of hydrogen-bond donors (Lipinski definition) is 4. The van der Waals surface area contributed by atoms with E-state index in [-0.39, 0.29) is 0 Å². The fourth-order valence-corrected chi connectivity index (χ4v) is 2.51. The predicted octanol–water partition coefficient (Wildman–Crippen LogP) is 0.913. The molecule has 3 rings (SSSR count). The monoisotopic (exact) mass is 206 g/mol. The number of aliphatic hydroxyl groups is 2. The highest BCUT2D eigenvalue weighted by atomic mass is 16.3. The molecule has 0 saturated carbocycles. The average Bonchev–Trinajstić information content (AvgIpc) is 2.55. The molecule has 0 saturated heterocycles. The first-order valence-electron chi connectivity index (χ1n) is 5.19. The lowest BCUT2D eigenvalue weighted by Gasteiger charge is -2.27. The zero-order valence-corrected chi connectivity index (χ0v) is 8.54. The maximum absolute atomic E-state index is 9.83. The summed E-state index contributed by atoms with van der Waals surface area (Å²) < 4.78 is 0. The van der Waals surface area contributed by atoms with Crippen molar-refractivity contribution in [1.82, 2.24) is 0 Å². The van der Waals surface area contributed by atoms with Crippen LogP contribution < -0.4 is 10.6 Å². The minimum Gasteiger partial charge on any atom is -0.387 e. The van der Waals surface area contributed by atoms with E-state index < -0.39 is 12.2 Å². The average molecular weight is 206 g/mol. The van der Waals surface area contributed by atoms with Crippen molar-refractivity contribution >= 4 is 11.4 Å². The molecule has 0 fully saturated rings. The van der Waals surface area contributed by atoms with Gasteiger partial charge >= 0.3 is 0 Å². The topological polar surface area (TPSA) is 64.5 Å². The number of fused-ring (bicyclic) bond motifs is 4. The van der Waals surface area contributed by atoms with E-state index in [1.54, 1.807) is 0 Å². The van der Waals surface area contributed by atoms with Crippen molar-refractivity contribution in [3.63, 3.8) is 0 Å². The fraction of sp³-hybridized carbons (Fsp3) is 0.455. The molecule has 4 heteroatoms. The second-order valence-corrected chi connectivity index (χ2v) is 4.22. The maximum Gasteiger partial charge on any atom is 0.100 e. The summed E-state index contributed by atoms with van der Waals surface area (Å²) in [7, 11) is 0. The van der Waals surface area contributed by atoms with Gasteiger partial charge in [0, 0.05) is 30.0 Å². The third-order valence-electron chi connectivity index (χ3n) is 3.32. The van der Waals surface area contributed by atoms with Gasteiger partial charge in [-0.1, -0.05) is 0 Å². The van der Waals surface area contributed by atoms with Crippen molar-refractivity contribution in [3.8, 4) is 0 Å². The second-order valence-electron chi connectivity index (χ2n) is 4.22. The van der Waals surface area contributed by atoms with E-state index in [1.807, 2.05) is 13.0 Å². The predicted molar refractivity (Wildman–Crippen MR) is 58.1 cm³/mol. The fourth-order valence-electron chi connectivity index (χ4n) is 2.51. The van der Waals surface area contributed by atoms with Gasteiger partial charge < -0.3 is 20.8 Å². The van der Waals surface area contributed by atoms with Crippen LogP contribution in [0.25, 0.3) is 0 Å². The molecule has 15 heavy (non-hydrogen) atoms. The number of benzene rings is 1. The standard InChI is InChI=1S/C11H14N2O2/c1-5-6-2-7-10(9(15)4-12-7)11(5)13-3-8(6)14/h2,8-9,12-15H,3-4H2,1H3. The highest BCUT2D eigenvalue weighted by Crippen LogP contribution is 2.43.